The van der Waals surface area contributed by atoms with Gasteiger partial charge < -0.3 is 0 Å². The van der Waals surface area contributed by atoms with Crippen molar-refractivity contribution in [3.8, 4) is 6.07 Å². The number of carbonyl (C=O) groups is 1. The normalized spacial score (nSPS) is 16.5. The first-order valence-electron chi connectivity index (χ1n) is 7.17. The van der Waals surface area contributed by atoms with Crippen LogP contribution in [0.15, 0.2) is 6.07 Å². The second-order valence-corrected chi connectivity index (χ2v) is 6.93. The van der Waals surface area contributed by atoms with E-state index in [2.05, 4.69) is 26.0 Å². The van der Waals surface area contributed by atoms with Gasteiger partial charge in [0.05, 0.1) is 10.9 Å². The molecule has 0 saturated heterocycles. The SMILES string of the molecule is CC(C)CC(C#N)C(=O)c1cc2c(s1)CCCCC2. The second-order valence-electron chi connectivity index (χ2n) is 5.80. The van der Waals surface area contributed by atoms with E-state index < -0.39 is 5.92 Å². The van der Waals surface area contributed by atoms with Gasteiger partial charge >= 0.3 is 0 Å². The monoisotopic (exact) mass is 275 g/mol. The minimum atomic E-state index is -0.470. The largest absolute Gasteiger partial charge is 0.292 e. The van der Waals surface area contributed by atoms with E-state index in [1.54, 1.807) is 11.3 Å². The lowest BCUT2D eigenvalue weighted by molar-refractivity contribution is 0.0941. The summed E-state index contributed by atoms with van der Waals surface area (Å²) in [5.41, 5.74) is 1.35. The minimum absolute atomic E-state index is 0.0364. The van der Waals surface area contributed by atoms with Crippen LogP contribution in [0.4, 0.5) is 0 Å². The molecule has 102 valence electrons. The Labute approximate surface area is 119 Å². The van der Waals surface area contributed by atoms with Gasteiger partial charge in [-0.1, -0.05) is 20.3 Å². The topological polar surface area (TPSA) is 40.9 Å². The third kappa shape index (κ3) is 3.45. The molecule has 1 atom stereocenters. The fourth-order valence-electron chi connectivity index (χ4n) is 2.65. The lowest BCUT2D eigenvalue weighted by atomic mass is 9.93. The van der Waals surface area contributed by atoms with E-state index in [4.69, 9.17) is 0 Å². The molecule has 1 unspecified atom stereocenters. The van der Waals surface area contributed by atoms with E-state index >= 15 is 0 Å². The highest BCUT2D eigenvalue weighted by atomic mass is 32.1. The molecule has 19 heavy (non-hydrogen) atoms. The van der Waals surface area contributed by atoms with Gasteiger partial charge in [0.2, 0.25) is 0 Å². The fraction of sp³-hybridized carbons (Fsp3) is 0.625. The van der Waals surface area contributed by atoms with Crippen LogP contribution >= 0.6 is 11.3 Å². The maximum Gasteiger partial charge on any atom is 0.189 e. The number of Topliss-reactive ketones (excluding diaryl/α,β-unsaturated/α-hetero) is 1. The molecule has 1 aromatic heterocycles. The molecule has 1 aliphatic carbocycles. The summed E-state index contributed by atoms with van der Waals surface area (Å²) in [7, 11) is 0. The average Bonchev–Trinajstić information content (AvgIpc) is 2.66. The Morgan fingerprint density at radius 2 is 2.11 bits per heavy atom. The number of fused-ring (bicyclic) bond motifs is 1. The highest BCUT2D eigenvalue weighted by molar-refractivity contribution is 7.14. The maximum absolute atomic E-state index is 12.4. The van der Waals surface area contributed by atoms with Gasteiger partial charge in [-0.3, -0.25) is 4.79 Å². The van der Waals surface area contributed by atoms with Crippen LogP contribution in [0, 0.1) is 23.2 Å². The summed E-state index contributed by atoms with van der Waals surface area (Å²) in [6, 6.07) is 4.24. The van der Waals surface area contributed by atoms with Crippen LogP contribution in [0.25, 0.3) is 0 Å². The molecule has 1 aromatic rings. The Balaban J connectivity index is 2.17. The van der Waals surface area contributed by atoms with Gasteiger partial charge in [-0.25, -0.2) is 0 Å². The van der Waals surface area contributed by atoms with E-state index in [9.17, 15) is 10.1 Å². The molecule has 2 nitrogen and oxygen atoms in total. The van der Waals surface area contributed by atoms with E-state index in [0.717, 1.165) is 17.7 Å². The molecular weight excluding hydrogens is 254 g/mol. The zero-order chi connectivity index (χ0) is 13.8. The Morgan fingerprint density at radius 1 is 1.37 bits per heavy atom. The lowest BCUT2D eigenvalue weighted by Crippen LogP contribution is -2.14. The first-order chi connectivity index (χ1) is 9.11. The number of carbonyl (C=O) groups excluding carboxylic acids is 1. The molecule has 0 spiro atoms. The van der Waals surface area contributed by atoms with Crippen molar-refractivity contribution in [2.45, 2.75) is 52.4 Å². The standard InChI is InChI=1S/C16H21NOS/c1-11(2)8-13(10-17)16(18)15-9-12-6-4-3-5-7-14(12)19-15/h9,11,13H,3-8H2,1-2H3. The number of thiophene rings is 1. The Morgan fingerprint density at radius 3 is 2.79 bits per heavy atom. The number of aryl methyl sites for hydroxylation is 2. The highest BCUT2D eigenvalue weighted by Gasteiger charge is 2.24. The summed E-state index contributed by atoms with van der Waals surface area (Å²) in [5, 5.41) is 9.19. The molecule has 0 N–H and O–H groups in total. The van der Waals surface area contributed by atoms with Crippen molar-refractivity contribution in [2.75, 3.05) is 0 Å². The van der Waals surface area contributed by atoms with E-state index in [1.165, 1.54) is 29.7 Å². The predicted octanol–water partition coefficient (Wildman–Crippen LogP) is 4.39. The maximum atomic E-state index is 12.4. The molecule has 0 aromatic carbocycles. The summed E-state index contributed by atoms with van der Waals surface area (Å²) in [6.45, 7) is 4.11. The van der Waals surface area contributed by atoms with Crippen molar-refractivity contribution in [1.82, 2.24) is 0 Å². The van der Waals surface area contributed by atoms with Crippen molar-refractivity contribution in [2.24, 2.45) is 11.8 Å². The van der Waals surface area contributed by atoms with Crippen LogP contribution in [0.2, 0.25) is 0 Å². The molecule has 0 fully saturated rings. The molecule has 1 aliphatic rings. The summed E-state index contributed by atoms with van der Waals surface area (Å²) in [5.74, 6) is -0.0528. The molecule has 0 bridgehead atoms. The first-order valence-corrected chi connectivity index (χ1v) is 7.99. The zero-order valence-electron chi connectivity index (χ0n) is 11.7. The van der Waals surface area contributed by atoms with Crippen molar-refractivity contribution < 1.29 is 4.79 Å². The zero-order valence-corrected chi connectivity index (χ0v) is 12.6. The fourth-order valence-corrected chi connectivity index (χ4v) is 3.90. The second kappa shape index (κ2) is 6.34. The van der Waals surface area contributed by atoms with Crippen molar-refractivity contribution in [3.05, 3.63) is 21.4 Å². The number of nitrogens with zero attached hydrogens (tertiary/aromatic N) is 1. The molecule has 0 radical (unpaired) electrons. The first kappa shape index (κ1) is 14.3. The molecular formula is C16H21NOS. The predicted molar refractivity (Wildman–Crippen MR) is 78.5 cm³/mol. The van der Waals surface area contributed by atoms with Gasteiger partial charge in [-0.15, -0.1) is 11.3 Å². The molecule has 3 heteroatoms. The van der Waals surface area contributed by atoms with Crippen LogP contribution in [0.5, 0.6) is 0 Å². The van der Waals surface area contributed by atoms with Gasteiger partial charge in [-0.05, 0) is 49.7 Å². The van der Waals surface area contributed by atoms with Gasteiger partial charge in [0, 0.05) is 4.88 Å². The van der Waals surface area contributed by atoms with Crippen molar-refractivity contribution >= 4 is 17.1 Å². The third-order valence-electron chi connectivity index (χ3n) is 3.67. The molecule has 0 saturated carbocycles. The van der Waals surface area contributed by atoms with Gasteiger partial charge in [-0.2, -0.15) is 5.26 Å². The smallest absolute Gasteiger partial charge is 0.189 e. The average molecular weight is 275 g/mol. The van der Waals surface area contributed by atoms with E-state index in [-0.39, 0.29) is 5.78 Å². The number of nitriles is 1. The van der Waals surface area contributed by atoms with E-state index in [0.29, 0.717) is 12.3 Å². The molecule has 0 amide bonds. The quantitative estimate of drug-likeness (QED) is 0.604. The van der Waals surface area contributed by atoms with Crippen LogP contribution in [-0.4, -0.2) is 5.78 Å². The minimum Gasteiger partial charge on any atom is -0.292 e. The Bertz CT molecular complexity index is 472. The third-order valence-corrected chi connectivity index (χ3v) is 4.92. The molecule has 2 rings (SSSR count). The summed E-state index contributed by atoms with van der Waals surface area (Å²) in [4.78, 5) is 14.6. The molecule has 0 aliphatic heterocycles. The van der Waals surface area contributed by atoms with Crippen LogP contribution in [0.3, 0.4) is 0 Å². The number of rotatable bonds is 4. The number of ketones is 1. The summed E-state index contributed by atoms with van der Waals surface area (Å²) < 4.78 is 0. The Hall–Kier alpha value is -1.14. The summed E-state index contributed by atoms with van der Waals surface area (Å²) >= 11 is 1.63. The van der Waals surface area contributed by atoms with Crippen molar-refractivity contribution in [3.63, 3.8) is 0 Å². The lowest BCUT2D eigenvalue weighted by Gasteiger charge is -2.09. The highest BCUT2D eigenvalue weighted by Crippen LogP contribution is 2.31. The van der Waals surface area contributed by atoms with Crippen LogP contribution < -0.4 is 0 Å². The van der Waals surface area contributed by atoms with Crippen molar-refractivity contribution in [1.29, 1.82) is 5.26 Å². The van der Waals surface area contributed by atoms with Crippen LogP contribution in [-0.2, 0) is 12.8 Å². The Kier molecular flexibility index (Phi) is 4.76. The number of hydrogen-bond acceptors (Lipinski definition) is 3. The summed E-state index contributed by atoms with van der Waals surface area (Å²) in [6.07, 6.45) is 6.62. The van der Waals surface area contributed by atoms with Crippen LogP contribution in [0.1, 0.15) is 59.6 Å². The van der Waals surface area contributed by atoms with Gasteiger partial charge in [0.25, 0.3) is 0 Å². The number of hydrogen-bond donors (Lipinski definition) is 0. The van der Waals surface area contributed by atoms with Gasteiger partial charge in [0.15, 0.2) is 5.78 Å². The van der Waals surface area contributed by atoms with Gasteiger partial charge in [0.1, 0.15) is 5.92 Å². The molecule has 1 heterocycles. The van der Waals surface area contributed by atoms with E-state index in [1.807, 2.05) is 0 Å².